The summed E-state index contributed by atoms with van der Waals surface area (Å²) in [5.74, 6) is -0.248. The van der Waals surface area contributed by atoms with E-state index in [1.54, 1.807) is 6.07 Å². The van der Waals surface area contributed by atoms with E-state index >= 15 is 0 Å². The van der Waals surface area contributed by atoms with E-state index in [9.17, 15) is 9.59 Å². The predicted octanol–water partition coefficient (Wildman–Crippen LogP) is 4.39. The first-order chi connectivity index (χ1) is 14.0. The molecule has 1 N–H and O–H groups in total. The Hall–Kier alpha value is -2.91. The molecule has 2 aromatic carbocycles. The van der Waals surface area contributed by atoms with Crippen LogP contribution in [0.4, 0.5) is 5.13 Å². The summed E-state index contributed by atoms with van der Waals surface area (Å²) in [5, 5.41) is 4.89. The molecule has 0 aliphatic rings. The number of amides is 1. The first-order valence-electron chi connectivity index (χ1n) is 8.40. The minimum absolute atomic E-state index is 0.222. The largest absolute Gasteiger partial charge is 0.497 e. The summed E-state index contributed by atoms with van der Waals surface area (Å²) in [6.07, 6.45) is 0. The van der Waals surface area contributed by atoms with Crippen LogP contribution >= 0.6 is 27.3 Å². The lowest BCUT2D eigenvalue weighted by Crippen LogP contribution is -2.20. The number of ether oxygens (including phenoxy) is 3. The Morgan fingerprint density at radius 2 is 1.83 bits per heavy atom. The summed E-state index contributed by atoms with van der Waals surface area (Å²) in [7, 11) is 2.96. The lowest BCUT2D eigenvalue weighted by molar-refractivity contribution is -0.119. The van der Waals surface area contributed by atoms with Gasteiger partial charge in [0.2, 0.25) is 0 Å². The highest BCUT2D eigenvalue weighted by molar-refractivity contribution is 9.10. The molecule has 0 aliphatic carbocycles. The van der Waals surface area contributed by atoms with Crippen molar-refractivity contribution >= 4 is 44.3 Å². The van der Waals surface area contributed by atoms with Crippen LogP contribution in [0.5, 0.6) is 11.5 Å². The number of rotatable bonds is 7. The highest BCUT2D eigenvalue weighted by Gasteiger charge is 2.14. The number of carbonyl (C=O) groups is 2. The topological polar surface area (TPSA) is 86.8 Å². The Bertz CT molecular complexity index is 1010. The number of esters is 1. The van der Waals surface area contributed by atoms with Crippen LogP contribution in [0.2, 0.25) is 0 Å². The fraction of sp³-hybridized carbons (Fsp3) is 0.150. The second-order valence-corrected chi connectivity index (χ2v) is 7.55. The Morgan fingerprint density at radius 1 is 1.10 bits per heavy atom. The van der Waals surface area contributed by atoms with E-state index in [1.165, 1.54) is 37.7 Å². The van der Waals surface area contributed by atoms with Gasteiger partial charge < -0.3 is 14.2 Å². The van der Waals surface area contributed by atoms with E-state index in [2.05, 4.69) is 26.2 Å². The molecule has 7 nitrogen and oxygen atoms in total. The van der Waals surface area contributed by atoms with Gasteiger partial charge in [-0.1, -0.05) is 28.1 Å². The molecule has 0 radical (unpaired) electrons. The molecule has 0 bridgehead atoms. The van der Waals surface area contributed by atoms with Gasteiger partial charge in [0.25, 0.3) is 5.91 Å². The number of nitrogens with zero attached hydrogens (tertiary/aromatic N) is 1. The average molecular weight is 477 g/mol. The number of hydrogen-bond acceptors (Lipinski definition) is 7. The predicted molar refractivity (Wildman–Crippen MR) is 114 cm³/mol. The van der Waals surface area contributed by atoms with Gasteiger partial charge in [0, 0.05) is 21.5 Å². The molecule has 0 spiro atoms. The van der Waals surface area contributed by atoms with Crippen molar-refractivity contribution in [1.82, 2.24) is 4.98 Å². The van der Waals surface area contributed by atoms with Crippen molar-refractivity contribution in [1.29, 1.82) is 0 Å². The quantitative estimate of drug-likeness (QED) is 0.509. The number of nitrogens with one attached hydrogen (secondary N) is 1. The number of carbonyl (C=O) groups excluding carboxylic acids is 2. The second kappa shape index (κ2) is 9.53. The van der Waals surface area contributed by atoms with Gasteiger partial charge in [0.15, 0.2) is 11.7 Å². The summed E-state index contributed by atoms with van der Waals surface area (Å²) < 4.78 is 16.3. The molecule has 1 heterocycles. The number of anilines is 1. The zero-order valence-electron chi connectivity index (χ0n) is 15.6. The van der Waals surface area contributed by atoms with Crippen molar-refractivity contribution < 1.29 is 23.8 Å². The van der Waals surface area contributed by atoms with Gasteiger partial charge in [0.1, 0.15) is 11.5 Å². The standard InChI is InChI=1S/C20H17BrN2O5S/c1-26-15-7-13(8-16(9-15)27-2)19(25)28-10-18(24)23-20-22-17(11-29-20)12-4-3-5-14(21)6-12/h3-9,11H,10H2,1-2H3,(H,22,23,24). The van der Waals surface area contributed by atoms with E-state index in [1.807, 2.05) is 29.6 Å². The molecule has 9 heteroatoms. The molecule has 0 saturated carbocycles. The van der Waals surface area contributed by atoms with Crippen molar-refractivity contribution in [2.75, 3.05) is 26.1 Å². The summed E-state index contributed by atoms with van der Waals surface area (Å²) >= 11 is 4.71. The zero-order chi connectivity index (χ0) is 20.8. The number of halogens is 1. The average Bonchev–Trinajstić information content (AvgIpc) is 3.20. The van der Waals surface area contributed by atoms with E-state index in [-0.39, 0.29) is 5.56 Å². The number of hydrogen-bond donors (Lipinski definition) is 1. The maximum atomic E-state index is 12.2. The monoisotopic (exact) mass is 476 g/mol. The first kappa shape index (κ1) is 20.8. The van der Waals surface area contributed by atoms with Crippen molar-refractivity contribution in [2.45, 2.75) is 0 Å². The molecule has 29 heavy (non-hydrogen) atoms. The lowest BCUT2D eigenvalue weighted by Gasteiger charge is -2.08. The second-order valence-electron chi connectivity index (χ2n) is 5.77. The van der Waals surface area contributed by atoms with Crippen molar-refractivity contribution in [3.05, 3.63) is 57.9 Å². The van der Waals surface area contributed by atoms with Gasteiger partial charge in [-0.3, -0.25) is 10.1 Å². The zero-order valence-corrected chi connectivity index (χ0v) is 18.0. The van der Waals surface area contributed by atoms with E-state index < -0.39 is 18.5 Å². The molecule has 1 amide bonds. The number of thiazole rings is 1. The van der Waals surface area contributed by atoms with Gasteiger partial charge in [-0.2, -0.15) is 0 Å². The first-order valence-corrected chi connectivity index (χ1v) is 10.1. The van der Waals surface area contributed by atoms with Crippen LogP contribution in [0.15, 0.2) is 52.3 Å². The fourth-order valence-electron chi connectivity index (χ4n) is 2.41. The molecular formula is C20H17BrN2O5S. The minimum Gasteiger partial charge on any atom is -0.497 e. The molecule has 1 aromatic heterocycles. The SMILES string of the molecule is COc1cc(OC)cc(C(=O)OCC(=O)Nc2nc(-c3cccc(Br)c3)cs2)c1. The normalized spacial score (nSPS) is 10.3. The number of methoxy groups -OCH3 is 2. The summed E-state index contributed by atoms with van der Waals surface area (Å²) in [4.78, 5) is 28.7. The molecule has 150 valence electrons. The van der Waals surface area contributed by atoms with Crippen LogP contribution in [0.3, 0.4) is 0 Å². The van der Waals surface area contributed by atoms with Crippen LogP contribution < -0.4 is 14.8 Å². The minimum atomic E-state index is -0.661. The number of aromatic nitrogens is 1. The van der Waals surface area contributed by atoms with Gasteiger partial charge in [-0.05, 0) is 24.3 Å². The van der Waals surface area contributed by atoms with Crippen molar-refractivity contribution in [3.8, 4) is 22.8 Å². The van der Waals surface area contributed by atoms with Crippen LogP contribution in [0, 0.1) is 0 Å². The summed E-state index contributed by atoms with van der Waals surface area (Å²) in [6, 6.07) is 12.3. The molecule has 3 rings (SSSR count). The molecule has 0 fully saturated rings. The van der Waals surface area contributed by atoms with Gasteiger partial charge in [0.05, 0.1) is 25.5 Å². The Kier molecular flexibility index (Phi) is 6.84. The third-order valence-electron chi connectivity index (χ3n) is 3.79. The Morgan fingerprint density at radius 3 is 2.48 bits per heavy atom. The van der Waals surface area contributed by atoms with Gasteiger partial charge in [-0.15, -0.1) is 11.3 Å². The van der Waals surface area contributed by atoms with Gasteiger partial charge >= 0.3 is 5.97 Å². The smallest absolute Gasteiger partial charge is 0.338 e. The highest BCUT2D eigenvalue weighted by atomic mass is 79.9. The van der Waals surface area contributed by atoms with Crippen LogP contribution in [-0.4, -0.2) is 37.7 Å². The molecule has 0 unspecified atom stereocenters. The third kappa shape index (κ3) is 5.55. The Balaban J connectivity index is 1.58. The van der Waals surface area contributed by atoms with Crippen LogP contribution in [0.25, 0.3) is 11.3 Å². The maximum absolute atomic E-state index is 12.2. The Labute approximate surface area is 179 Å². The van der Waals surface area contributed by atoms with Crippen LogP contribution in [-0.2, 0) is 9.53 Å². The van der Waals surface area contributed by atoms with E-state index in [0.29, 0.717) is 16.6 Å². The summed E-state index contributed by atoms with van der Waals surface area (Å²) in [5.41, 5.74) is 1.89. The highest BCUT2D eigenvalue weighted by Crippen LogP contribution is 2.27. The third-order valence-corrected chi connectivity index (χ3v) is 5.04. The number of benzene rings is 2. The van der Waals surface area contributed by atoms with Crippen LogP contribution in [0.1, 0.15) is 10.4 Å². The van der Waals surface area contributed by atoms with Crippen molar-refractivity contribution in [2.24, 2.45) is 0 Å². The molecule has 0 aliphatic heterocycles. The lowest BCUT2D eigenvalue weighted by atomic mass is 10.2. The molecule has 0 atom stereocenters. The maximum Gasteiger partial charge on any atom is 0.338 e. The summed E-state index contributed by atoms with van der Waals surface area (Å²) in [6.45, 7) is -0.440. The van der Waals surface area contributed by atoms with E-state index in [0.717, 1.165) is 15.7 Å². The fourth-order valence-corrected chi connectivity index (χ4v) is 3.54. The molecule has 3 aromatic rings. The van der Waals surface area contributed by atoms with Crippen molar-refractivity contribution in [3.63, 3.8) is 0 Å². The van der Waals surface area contributed by atoms with E-state index in [4.69, 9.17) is 14.2 Å². The molecular weight excluding hydrogens is 460 g/mol. The van der Waals surface area contributed by atoms with Gasteiger partial charge in [-0.25, -0.2) is 9.78 Å². The molecule has 0 saturated heterocycles.